The Bertz CT molecular complexity index is 255. The molecule has 0 spiro atoms. The number of nitrogens with one attached hydrogen (secondary N) is 2. The molecule has 1 aliphatic carbocycles. The van der Waals surface area contributed by atoms with Crippen LogP contribution in [-0.2, 0) is 0 Å². The van der Waals surface area contributed by atoms with Crippen molar-refractivity contribution in [2.24, 2.45) is 0 Å². The number of hydrogen-bond donors (Lipinski definition) is 2. The van der Waals surface area contributed by atoms with E-state index in [1.54, 1.807) is 0 Å². The molecule has 132 valence electrons. The molecule has 2 unspecified atom stereocenters. The molecule has 0 saturated heterocycles. The Labute approximate surface area is 142 Å². The summed E-state index contributed by atoms with van der Waals surface area (Å²) in [6, 6.07) is 9.83. The van der Waals surface area contributed by atoms with E-state index in [2.05, 4.69) is 51.5 Å². The van der Waals surface area contributed by atoms with Crippen molar-refractivity contribution < 1.29 is 0 Å². The summed E-state index contributed by atoms with van der Waals surface area (Å²) in [6.07, 6.45) is 5.65. The van der Waals surface area contributed by atoms with Crippen LogP contribution in [-0.4, -0.2) is 28.6 Å². The van der Waals surface area contributed by atoms with Crippen LogP contribution in [0.2, 0.25) is 36.3 Å². The minimum atomic E-state index is -1.23. The lowest BCUT2D eigenvalue weighted by molar-refractivity contribution is 0.336. The van der Waals surface area contributed by atoms with Crippen molar-refractivity contribution in [1.29, 1.82) is 0 Å². The predicted molar refractivity (Wildman–Crippen MR) is 107 cm³/mol. The lowest BCUT2D eigenvalue weighted by atomic mass is 9.92. The van der Waals surface area contributed by atoms with Crippen LogP contribution in [0.3, 0.4) is 0 Å². The fourth-order valence-electron chi connectivity index (χ4n) is 4.38. The quantitative estimate of drug-likeness (QED) is 0.513. The van der Waals surface area contributed by atoms with Crippen molar-refractivity contribution in [2.75, 3.05) is 0 Å². The van der Waals surface area contributed by atoms with Gasteiger partial charge in [0.05, 0.1) is 0 Å². The normalized spacial score (nSPS) is 23.7. The van der Waals surface area contributed by atoms with Gasteiger partial charge >= 0.3 is 0 Å². The van der Waals surface area contributed by atoms with Crippen LogP contribution in [0.25, 0.3) is 0 Å². The molecule has 0 radical (unpaired) electrons. The summed E-state index contributed by atoms with van der Waals surface area (Å²) in [5, 5.41) is 0. The SMILES string of the molecule is CC[Si](CC)(CC)NC1CCCCC1N[Si](CC)(CC)CC. The second-order valence-corrected chi connectivity index (χ2v) is 17.4. The Morgan fingerprint density at radius 1 is 0.591 bits per heavy atom. The third kappa shape index (κ3) is 4.92. The van der Waals surface area contributed by atoms with Gasteiger partial charge < -0.3 is 9.96 Å². The Morgan fingerprint density at radius 2 is 0.864 bits per heavy atom. The summed E-state index contributed by atoms with van der Waals surface area (Å²) >= 11 is 0. The lowest BCUT2D eigenvalue weighted by Crippen LogP contribution is -2.65. The van der Waals surface area contributed by atoms with Crippen molar-refractivity contribution in [1.82, 2.24) is 9.96 Å². The lowest BCUT2D eigenvalue weighted by Gasteiger charge is -2.44. The third-order valence-electron chi connectivity index (χ3n) is 6.81. The second-order valence-electron chi connectivity index (χ2n) is 7.47. The average molecular weight is 343 g/mol. The van der Waals surface area contributed by atoms with Crippen molar-refractivity contribution in [3.8, 4) is 0 Å². The van der Waals surface area contributed by atoms with E-state index in [9.17, 15) is 0 Å². The van der Waals surface area contributed by atoms with Gasteiger partial charge in [-0.05, 0) is 49.1 Å². The van der Waals surface area contributed by atoms with Crippen LogP contribution in [0, 0.1) is 0 Å². The highest BCUT2D eigenvalue weighted by Gasteiger charge is 2.37. The molecule has 0 aromatic carbocycles. The van der Waals surface area contributed by atoms with Gasteiger partial charge in [-0.3, -0.25) is 0 Å². The maximum Gasteiger partial charge on any atom is 0.125 e. The van der Waals surface area contributed by atoms with Gasteiger partial charge in [0.25, 0.3) is 0 Å². The first-order chi connectivity index (χ1) is 10.5. The topological polar surface area (TPSA) is 24.1 Å². The van der Waals surface area contributed by atoms with E-state index in [4.69, 9.17) is 0 Å². The Hall–Kier alpha value is 0.354. The third-order valence-corrected chi connectivity index (χ3v) is 16.9. The van der Waals surface area contributed by atoms with E-state index < -0.39 is 16.5 Å². The maximum atomic E-state index is 4.26. The molecule has 1 saturated carbocycles. The molecule has 0 aliphatic heterocycles. The Balaban J connectivity index is 2.83. The molecule has 1 rings (SSSR count). The van der Waals surface area contributed by atoms with Crippen LogP contribution in [0.1, 0.15) is 67.2 Å². The number of rotatable bonds is 10. The van der Waals surface area contributed by atoms with Gasteiger partial charge in [-0.2, -0.15) is 0 Å². The molecule has 2 N–H and O–H groups in total. The van der Waals surface area contributed by atoms with Gasteiger partial charge in [-0.25, -0.2) is 0 Å². The fraction of sp³-hybridized carbons (Fsp3) is 1.00. The molecule has 0 heterocycles. The molecular formula is C18H42N2Si2. The molecule has 0 bridgehead atoms. The molecule has 0 aromatic heterocycles. The van der Waals surface area contributed by atoms with Crippen molar-refractivity contribution >= 4 is 16.5 Å². The van der Waals surface area contributed by atoms with Crippen molar-refractivity contribution in [2.45, 2.75) is 116 Å². The molecule has 1 fully saturated rings. The zero-order valence-electron chi connectivity index (χ0n) is 16.2. The van der Waals surface area contributed by atoms with Gasteiger partial charge in [0.1, 0.15) is 16.5 Å². The molecule has 4 heteroatoms. The van der Waals surface area contributed by atoms with Gasteiger partial charge in [0.15, 0.2) is 0 Å². The zero-order valence-corrected chi connectivity index (χ0v) is 18.2. The molecule has 22 heavy (non-hydrogen) atoms. The molecule has 2 atom stereocenters. The predicted octanol–water partition coefficient (Wildman–Crippen LogP) is 5.49. The van der Waals surface area contributed by atoms with Crippen molar-refractivity contribution in [3.05, 3.63) is 0 Å². The Morgan fingerprint density at radius 3 is 1.09 bits per heavy atom. The summed E-state index contributed by atoms with van der Waals surface area (Å²) in [5.74, 6) is 0. The molecule has 2 nitrogen and oxygen atoms in total. The summed E-state index contributed by atoms with van der Waals surface area (Å²) in [5.41, 5.74) is 0. The molecule has 0 aromatic rings. The first-order valence-electron chi connectivity index (χ1n) is 10.1. The van der Waals surface area contributed by atoms with E-state index in [1.165, 1.54) is 61.9 Å². The minimum Gasteiger partial charge on any atom is -0.333 e. The summed E-state index contributed by atoms with van der Waals surface area (Å²) in [7, 11) is -2.45. The minimum absolute atomic E-state index is 0.747. The highest BCUT2D eigenvalue weighted by molar-refractivity contribution is 6.78. The zero-order chi connectivity index (χ0) is 16.6. The molecule has 1 aliphatic rings. The van der Waals surface area contributed by atoms with E-state index in [0.29, 0.717) is 0 Å². The summed E-state index contributed by atoms with van der Waals surface area (Å²) in [6.45, 7) is 14.5. The van der Waals surface area contributed by atoms with Crippen molar-refractivity contribution in [3.63, 3.8) is 0 Å². The van der Waals surface area contributed by atoms with E-state index in [0.717, 1.165) is 12.1 Å². The fourth-order valence-corrected chi connectivity index (χ4v) is 10.9. The number of hydrogen-bond acceptors (Lipinski definition) is 2. The van der Waals surface area contributed by atoms with Gasteiger partial charge in [-0.1, -0.05) is 54.4 Å². The molecular weight excluding hydrogens is 300 g/mol. The highest BCUT2D eigenvalue weighted by Crippen LogP contribution is 2.27. The first-order valence-corrected chi connectivity index (χ1v) is 15.3. The van der Waals surface area contributed by atoms with Crippen LogP contribution in [0.4, 0.5) is 0 Å². The van der Waals surface area contributed by atoms with Crippen LogP contribution in [0.5, 0.6) is 0 Å². The summed E-state index contributed by atoms with van der Waals surface area (Å²) < 4.78 is 0. The van der Waals surface area contributed by atoms with E-state index in [-0.39, 0.29) is 0 Å². The van der Waals surface area contributed by atoms with Crippen LogP contribution < -0.4 is 9.96 Å². The van der Waals surface area contributed by atoms with Gasteiger partial charge in [0.2, 0.25) is 0 Å². The smallest absolute Gasteiger partial charge is 0.125 e. The Kier molecular flexibility index (Phi) is 8.90. The van der Waals surface area contributed by atoms with E-state index in [1.807, 2.05) is 0 Å². The van der Waals surface area contributed by atoms with Gasteiger partial charge in [0, 0.05) is 12.1 Å². The standard InChI is InChI=1S/C18H42N2Si2/c1-7-21(8-2,9-3)19-17-15-13-14-16-18(17)20-22(10-4,11-5)12-6/h17-20H,7-16H2,1-6H3. The second kappa shape index (κ2) is 9.60. The largest absolute Gasteiger partial charge is 0.333 e. The maximum absolute atomic E-state index is 4.26. The van der Waals surface area contributed by atoms with Crippen LogP contribution in [0.15, 0.2) is 0 Å². The monoisotopic (exact) mass is 342 g/mol. The average Bonchev–Trinajstić information content (AvgIpc) is 2.59. The summed E-state index contributed by atoms with van der Waals surface area (Å²) in [4.78, 5) is 8.52. The molecule has 0 amide bonds. The van der Waals surface area contributed by atoms with E-state index >= 15 is 0 Å². The van der Waals surface area contributed by atoms with Gasteiger partial charge in [-0.15, -0.1) is 0 Å². The highest BCUT2D eigenvalue weighted by atomic mass is 28.3. The first kappa shape index (κ1) is 20.4. The van der Waals surface area contributed by atoms with Crippen LogP contribution >= 0.6 is 0 Å².